The van der Waals surface area contributed by atoms with Gasteiger partial charge in [-0.05, 0) is 55.0 Å². The standard InChI is InChI=1S/C14H12FNO3S/c1-10-8-12(15)4-7-14(10)20(18,19)16-13-5-2-11(9-17)3-6-13/h2-9,16H,1H3. The molecule has 0 radical (unpaired) electrons. The SMILES string of the molecule is Cc1cc(F)ccc1S(=O)(=O)Nc1ccc(C=O)cc1. The summed E-state index contributed by atoms with van der Waals surface area (Å²) in [5, 5.41) is 0. The number of sulfonamides is 1. The molecule has 0 spiro atoms. The number of benzene rings is 2. The minimum Gasteiger partial charge on any atom is -0.298 e. The highest BCUT2D eigenvalue weighted by Gasteiger charge is 2.17. The lowest BCUT2D eigenvalue weighted by Crippen LogP contribution is -2.14. The van der Waals surface area contributed by atoms with Crippen molar-refractivity contribution in [1.82, 2.24) is 0 Å². The zero-order valence-corrected chi connectivity index (χ0v) is 11.4. The maximum absolute atomic E-state index is 13.0. The number of hydrogen-bond acceptors (Lipinski definition) is 3. The van der Waals surface area contributed by atoms with Gasteiger partial charge in [0.2, 0.25) is 0 Å². The Morgan fingerprint density at radius 1 is 1.10 bits per heavy atom. The molecule has 0 aliphatic rings. The zero-order valence-electron chi connectivity index (χ0n) is 10.6. The maximum Gasteiger partial charge on any atom is 0.262 e. The smallest absolute Gasteiger partial charge is 0.262 e. The Morgan fingerprint density at radius 2 is 1.75 bits per heavy atom. The van der Waals surface area contributed by atoms with Gasteiger partial charge in [0.15, 0.2) is 0 Å². The number of carbonyl (C=O) groups is 1. The number of rotatable bonds is 4. The van der Waals surface area contributed by atoms with E-state index in [0.29, 0.717) is 23.1 Å². The van der Waals surface area contributed by atoms with E-state index in [1.165, 1.54) is 37.3 Å². The van der Waals surface area contributed by atoms with Crippen LogP contribution < -0.4 is 4.72 Å². The average molecular weight is 293 g/mol. The number of anilines is 1. The number of carbonyl (C=O) groups excluding carboxylic acids is 1. The molecule has 6 heteroatoms. The average Bonchev–Trinajstić information content (AvgIpc) is 2.38. The molecule has 0 saturated heterocycles. The summed E-state index contributed by atoms with van der Waals surface area (Å²) in [6.45, 7) is 1.52. The third-order valence-electron chi connectivity index (χ3n) is 2.73. The summed E-state index contributed by atoms with van der Waals surface area (Å²) < 4.78 is 39.7. The van der Waals surface area contributed by atoms with E-state index in [2.05, 4.69) is 4.72 Å². The molecule has 104 valence electrons. The summed E-state index contributed by atoms with van der Waals surface area (Å²) in [5.41, 5.74) is 1.10. The number of nitrogens with one attached hydrogen (secondary N) is 1. The molecule has 0 heterocycles. The summed E-state index contributed by atoms with van der Waals surface area (Å²) in [5.74, 6) is -0.489. The zero-order chi connectivity index (χ0) is 14.8. The number of aldehydes is 1. The summed E-state index contributed by atoms with van der Waals surface area (Å²) in [7, 11) is -3.79. The van der Waals surface area contributed by atoms with Gasteiger partial charge in [0.05, 0.1) is 4.90 Å². The molecule has 0 aromatic heterocycles. The van der Waals surface area contributed by atoms with E-state index in [4.69, 9.17) is 0 Å². The summed E-state index contributed by atoms with van der Waals surface area (Å²) >= 11 is 0. The molecule has 0 aliphatic heterocycles. The molecule has 0 amide bonds. The molecule has 0 fully saturated rings. The van der Waals surface area contributed by atoms with Gasteiger partial charge in [-0.2, -0.15) is 0 Å². The van der Waals surface area contributed by atoms with Crippen LogP contribution in [0.3, 0.4) is 0 Å². The predicted molar refractivity (Wildman–Crippen MR) is 73.8 cm³/mol. The lowest BCUT2D eigenvalue weighted by molar-refractivity contribution is 0.112. The Balaban J connectivity index is 2.32. The minimum atomic E-state index is -3.79. The predicted octanol–water partition coefficient (Wildman–Crippen LogP) is 2.75. The molecular weight excluding hydrogens is 281 g/mol. The van der Waals surface area contributed by atoms with Crippen molar-refractivity contribution in [3.63, 3.8) is 0 Å². The van der Waals surface area contributed by atoms with Gasteiger partial charge in [0.25, 0.3) is 10.0 Å². The van der Waals surface area contributed by atoms with Crippen molar-refractivity contribution in [1.29, 1.82) is 0 Å². The number of hydrogen-bond donors (Lipinski definition) is 1. The second-order valence-electron chi connectivity index (χ2n) is 4.26. The van der Waals surface area contributed by atoms with Gasteiger partial charge in [-0.15, -0.1) is 0 Å². The first-order chi connectivity index (χ1) is 9.42. The van der Waals surface area contributed by atoms with Crippen LogP contribution in [0.4, 0.5) is 10.1 Å². The van der Waals surface area contributed by atoms with Gasteiger partial charge in [0, 0.05) is 11.3 Å². The topological polar surface area (TPSA) is 63.2 Å². The fourth-order valence-corrected chi connectivity index (χ4v) is 3.04. The van der Waals surface area contributed by atoms with Gasteiger partial charge >= 0.3 is 0 Å². The van der Waals surface area contributed by atoms with E-state index in [1.54, 1.807) is 0 Å². The van der Waals surface area contributed by atoms with Gasteiger partial charge < -0.3 is 0 Å². The van der Waals surface area contributed by atoms with Crippen LogP contribution in [0.1, 0.15) is 15.9 Å². The minimum absolute atomic E-state index is 0.0124. The fraction of sp³-hybridized carbons (Fsp3) is 0.0714. The Labute approximate surface area is 116 Å². The van der Waals surface area contributed by atoms with Crippen LogP contribution in [0.25, 0.3) is 0 Å². The number of aryl methyl sites for hydroxylation is 1. The third kappa shape index (κ3) is 3.03. The van der Waals surface area contributed by atoms with Crippen LogP contribution in [0, 0.1) is 12.7 Å². The molecule has 0 atom stereocenters. The molecule has 0 saturated carbocycles. The molecule has 2 aromatic carbocycles. The normalized spacial score (nSPS) is 11.1. The van der Waals surface area contributed by atoms with Crippen molar-refractivity contribution in [3.05, 3.63) is 59.4 Å². The van der Waals surface area contributed by atoms with Crippen LogP contribution in [-0.2, 0) is 10.0 Å². The van der Waals surface area contributed by atoms with Gasteiger partial charge in [-0.3, -0.25) is 9.52 Å². The van der Waals surface area contributed by atoms with Gasteiger partial charge in [-0.1, -0.05) is 0 Å². The van der Waals surface area contributed by atoms with Crippen LogP contribution in [0.2, 0.25) is 0 Å². The second-order valence-corrected chi connectivity index (χ2v) is 5.91. The van der Waals surface area contributed by atoms with E-state index in [9.17, 15) is 17.6 Å². The number of halogens is 1. The lowest BCUT2D eigenvalue weighted by atomic mass is 10.2. The molecular formula is C14H12FNO3S. The Kier molecular flexibility index (Phi) is 3.85. The highest BCUT2D eigenvalue weighted by Crippen LogP contribution is 2.20. The van der Waals surface area contributed by atoms with E-state index in [0.717, 1.165) is 12.1 Å². The van der Waals surface area contributed by atoms with Crippen molar-refractivity contribution in [2.24, 2.45) is 0 Å². The van der Waals surface area contributed by atoms with Crippen molar-refractivity contribution in [3.8, 4) is 0 Å². The molecule has 4 nitrogen and oxygen atoms in total. The quantitative estimate of drug-likeness (QED) is 0.882. The van der Waals surface area contributed by atoms with Crippen molar-refractivity contribution in [2.45, 2.75) is 11.8 Å². The van der Waals surface area contributed by atoms with Crippen LogP contribution >= 0.6 is 0 Å². The first-order valence-corrected chi connectivity index (χ1v) is 7.25. The Morgan fingerprint density at radius 3 is 2.30 bits per heavy atom. The lowest BCUT2D eigenvalue weighted by Gasteiger charge is -2.10. The molecule has 0 bridgehead atoms. The van der Waals surface area contributed by atoms with E-state index >= 15 is 0 Å². The van der Waals surface area contributed by atoms with Crippen molar-refractivity contribution >= 4 is 22.0 Å². The van der Waals surface area contributed by atoms with Crippen molar-refractivity contribution < 1.29 is 17.6 Å². The summed E-state index contributed by atoms with van der Waals surface area (Å²) in [6.07, 6.45) is 0.669. The largest absolute Gasteiger partial charge is 0.298 e. The first kappa shape index (κ1) is 14.2. The molecule has 2 rings (SSSR count). The van der Waals surface area contributed by atoms with Crippen molar-refractivity contribution in [2.75, 3.05) is 4.72 Å². The highest BCUT2D eigenvalue weighted by atomic mass is 32.2. The monoisotopic (exact) mass is 293 g/mol. The Bertz CT molecular complexity index is 740. The molecule has 1 N–H and O–H groups in total. The van der Waals surface area contributed by atoms with Crippen LogP contribution in [0.5, 0.6) is 0 Å². The first-order valence-electron chi connectivity index (χ1n) is 5.76. The maximum atomic E-state index is 13.0. The van der Waals surface area contributed by atoms with Gasteiger partial charge in [-0.25, -0.2) is 12.8 Å². The third-order valence-corrected chi connectivity index (χ3v) is 4.27. The van der Waals surface area contributed by atoms with E-state index in [1.807, 2.05) is 0 Å². The highest BCUT2D eigenvalue weighted by molar-refractivity contribution is 7.92. The fourth-order valence-electron chi connectivity index (χ4n) is 1.75. The molecule has 20 heavy (non-hydrogen) atoms. The van der Waals surface area contributed by atoms with Gasteiger partial charge in [0.1, 0.15) is 12.1 Å². The van der Waals surface area contributed by atoms with Crippen LogP contribution in [-0.4, -0.2) is 14.7 Å². The summed E-state index contributed by atoms with van der Waals surface area (Å²) in [6, 6.07) is 9.44. The molecule has 0 unspecified atom stereocenters. The summed E-state index contributed by atoms with van der Waals surface area (Å²) in [4.78, 5) is 10.5. The Hall–Kier alpha value is -2.21. The molecule has 0 aliphatic carbocycles. The molecule has 2 aromatic rings. The van der Waals surface area contributed by atoms with E-state index in [-0.39, 0.29) is 4.90 Å². The second kappa shape index (κ2) is 5.42. The van der Waals surface area contributed by atoms with Crippen LogP contribution in [0.15, 0.2) is 47.4 Å². The van der Waals surface area contributed by atoms with E-state index < -0.39 is 15.8 Å².